The van der Waals surface area contributed by atoms with E-state index in [0.717, 1.165) is 17.7 Å². The third kappa shape index (κ3) is 3.48. The molecule has 0 aliphatic carbocycles. The number of halogens is 2. The Morgan fingerprint density at radius 1 is 1.00 bits per heavy atom. The van der Waals surface area contributed by atoms with Crippen molar-refractivity contribution in [1.82, 2.24) is 0 Å². The van der Waals surface area contributed by atoms with Crippen molar-refractivity contribution in [2.45, 2.75) is 18.9 Å². The quantitative estimate of drug-likeness (QED) is 0.910. The number of hydrogen-bond acceptors (Lipinski definition) is 2. The van der Waals surface area contributed by atoms with Crippen molar-refractivity contribution in [3.05, 3.63) is 71.3 Å². The molecule has 1 unspecified atom stereocenters. The molecule has 20 heavy (non-hydrogen) atoms. The van der Waals surface area contributed by atoms with E-state index < -0.39 is 17.7 Å². The van der Waals surface area contributed by atoms with Gasteiger partial charge in [-0.05, 0) is 17.7 Å². The zero-order valence-corrected chi connectivity index (χ0v) is 10.9. The van der Waals surface area contributed by atoms with Crippen LogP contribution < -0.4 is 5.73 Å². The summed E-state index contributed by atoms with van der Waals surface area (Å²) in [5.74, 6) is -1.69. The van der Waals surface area contributed by atoms with Gasteiger partial charge in [0.25, 0.3) is 0 Å². The molecular weight excluding hydrogens is 260 g/mol. The van der Waals surface area contributed by atoms with Crippen LogP contribution in [0.1, 0.15) is 23.6 Å². The molecule has 2 nitrogen and oxygen atoms in total. The van der Waals surface area contributed by atoms with Gasteiger partial charge in [-0.3, -0.25) is 4.79 Å². The van der Waals surface area contributed by atoms with E-state index in [-0.39, 0.29) is 24.2 Å². The third-order valence-electron chi connectivity index (χ3n) is 3.11. The standard InChI is InChI=1S/C16H15F2NO/c17-14-7-4-8-15(18)13(14)9-12(20)10-16(19)11-5-2-1-3-6-11/h1-8,16H,9-10,19H2. The normalized spacial score (nSPS) is 12.2. The van der Waals surface area contributed by atoms with Gasteiger partial charge in [0, 0.05) is 24.4 Å². The molecule has 0 saturated carbocycles. The number of benzene rings is 2. The van der Waals surface area contributed by atoms with Crippen LogP contribution in [0.4, 0.5) is 8.78 Å². The number of Topliss-reactive ketones (excluding diaryl/α,β-unsaturated/α-hetero) is 1. The Kier molecular flexibility index (Phi) is 4.58. The average molecular weight is 275 g/mol. The summed E-state index contributed by atoms with van der Waals surface area (Å²) in [6.07, 6.45) is -0.225. The molecule has 0 heterocycles. The molecule has 0 aromatic heterocycles. The fourth-order valence-corrected chi connectivity index (χ4v) is 2.03. The Hall–Kier alpha value is -2.07. The second-order valence-electron chi connectivity index (χ2n) is 4.64. The monoisotopic (exact) mass is 275 g/mol. The molecule has 2 N–H and O–H groups in total. The zero-order valence-electron chi connectivity index (χ0n) is 10.9. The lowest BCUT2D eigenvalue weighted by Crippen LogP contribution is -2.17. The topological polar surface area (TPSA) is 43.1 Å². The molecule has 0 bridgehead atoms. The first kappa shape index (κ1) is 14.3. The van der Waals surface area contributed by atoms with Crippen LogP contribution in [-0.4, -0.2) is 5.78 Å². The Balaban J connectivity index is 2.03. The second kappa shape index (κ2) is 6.39. The first-order valence-electron chi connectivity index (χ1n) is 6.33. The smallest absolute Gasteiger partial charge is 0.139 e. The molecule has 0 aliphatic rings. The Labute approximate surface area is 116 Å². The van der Waals surface area contributed by atoms with E-state index >= 15 is 0 Å². The highest BCUT2D eigenvalue weighted by Gasteiger charge is 2.16. The van der Waals surface area contributed by atoms with Gasteiger partial charge in [-0.25, -0.2) is 8.78 Å². The predicted molar refractivity (Wildman–Crippen MR) is 73.1 cm³/mol. The molecule has 0 spiro atoms. The van der Waals surface area contributed by atoms with E-state index in [9.17, 15) is 13.6 Å². The summed E-state index contributed by atoms with van der Waals surface area (Å²) in [5.41, 5.74) is 6.55. The molecule has 0 radical (unpaired) electrons. The van der Waals surface area contributed by atoms with Crippen LogP contribution in [0.2, 0.25) is 0 Å². The second-order valence-corrected chi connectivity index (χ2v) is 4.64. The molecule has 4 heteroatoms. The van der Waals surface area contributed by atoms with Crippen molar-refractivity contribution >= 4 is 5.78 Å². The maximum absolute atomic E-state index is 13.4. The van der Waals surface area contributed by atoms with E-state index in [1.165, 1.54) is 6.07 Å². The lowest BCUT2D eigenvalue weighted by atomic mass is 9.98. The van der Waals surface area contributed by atoms with E-state index in [1.54, 1.807) is 0 Å². The van der Waals surface area contributed by atoms with Crippen LogP contribution in [0.25, 0.3) is 0 Å². The summed E-state index contributed by atoms with van der Waals surface area (Å²) in [7, 11) is 0. The van der Waals surface area contributed by atoms with Crippen LogP contribution >= 0.6 is 0 Å². The largest absolute Gasteiger partial charge is 0.324 e. The van der Waals surface area contributed by atoms with Crippen LogP contribution in [0.5, 0.6) is 0 Å². The van der Waals surface area contributed by atoms with Gasteiger partial charge in [0.1, 0.15) is 17.4 Å². The minimum absolute atomic E-state index is 0.0534. The zero-order chi connectivity index (χ0) is 14.5. The average Bonchev–Trinajstić information content (AvgIpc) is 2.44. The van der Waals surface area contributed by atoms with Gasteiger partial charge in [0.05, 0.1) is 0 Å². The highest BCUT2D eigenvalue weighted by Crippen LogP contribution is 2.18. The van der Waals surface area contributed by atoms with Gasteiger partial charge in [-0.2, -0.15) is 0 Å². The van der Waals surface area contributed by atoms with Gasteiger partial charge in [-0.15, -0.1) is 0 Å². The molecule has 0 amide bonds. The highest BCUT2D eigenvalue weighted by molar-refractivity contribution is 5.81. The molecule has 2 aromatic rings. The minimum atomic E-state index is -0.702. The SMILES string of the molecule is NC(CC(=O)Cc1c(F)cccc1F)c1ccccc1. The van der Waals surface area contributed by atoms with E-state index in [0.29, 0.717) is 0 Å². The van der Waals surface area contributed by atoms with Crippen molar-refractivity contribution < 1.29 is 13.6 Å². The summed E-state index contributed by atoms with van der Waals surface area (Å²) < 4.78 is 26.9. The fraction of sp³-hybridized carbons (Fsp3) is 0.188. The first-order chi connectivity index (χ1) is 9.58. The highest BCUT2D eigenvalue weighted by atomic mass is 19.1. The number of nitrogens with two attached hydrogens (primary N) is 1. The molecule has 1 atom stereocenters. The van der Waals surface area contributed by atoms with Crippen LogP contribution in [0.15, 0.2) is 48.5 Å². The maximum atomic E-state index is 13.4. The lowest BCUT2D eigenvalue weighted by Gasteiger charge is -2.11. The van der Waals surface area contributed by atoms with Crippen LogP contribution in [0.3, 0.4) is 0 Å². The van der Waals surface area contributed by atoms with Gasteiger partial charge in [0.2, 0.25) is 0 Å². The van der Waals surface area contributed by atoms with Gasteiger partial charge in [0.15, 0.2) is 0 Å². The van der Waals surface area contributed by atoms with Crippen molar-refractivity contribution in [3.63, 3.8) is 0 Å². The number of rotatable bonds is 5. The molecule has 2 rings (SSSR count). The third-order valence-corrected chi connectivity index (χ3v) is 3.11. The summed E-state index contributed by atoms with van der Waals surface area (Å²) in [6.45, 7) is 0. The van der Waals surface area contributed by atoms with E-state index in [2.05, 4.69) is 0 Å². The molecular formula is C16H15F2NO. The summed E-state index contributed by atoms with van der Waals surface area (Å²) >= 11 is 0. The van der Waals surface area contributed by atoms with Gasteiger partial charge < -0.3 is 5.73 Å². The molecule has 0 fully saturated rings. The fourth-order valence-electron chi connectivity index (χ4n) is 2.03. The van der Waals surface area contributed by atoms with E-state index in [1.807, 2.05) is 30.3 Å². The number of ketones is 1. The molecule has 2 aromatic carbocycles. The molecule has 0 saturated heterocycles. The van der Waals surface area contributed by atoms with Crippen LogP contribution in [-0.2, 0) is 11.2 Å². The summed E-state index contributed by atoms with van der Waals surface area (Å²) in [6, 6.07) is 12.3. The minimum Gasteiger partial charge on any atom is -0.324 e. The Bertz CT molecular complexity index is 578. The van der Waals surface area contributed by atoms with Crippen molar-refractivity contribution in [1.29, 1.82) is 0 Å². The predicted octanol–water partition coefficient (Wildman–Crippen LogP) is 3.17. The van der Waals surface area contributed by atoms with Crippen molar-refractivity contribution in [3.8, 4) is 0 Å². The van der Waals surface area contributed by atoms with Crippen LogP contribution in [0, 0.1) is 11.6 Å². The molecule has 0 aliphatic heterocycles. The lowest BCUT2D eigenvalue weighted by molar-refractivity contribution is -0.118. The van der Waals surface area contributed by atoms with E-state index in [4.69, 9.17) is 5.73 Å². The van der Waals surface area contributed by atoms with Crippen molar-refractivity contribution in [2.24, 2.45) is 5.73 Å². The maximum Gasteiger partial charge on any atom is 0.139 e. The van der Waals surface area contributed by atoms with Gasteiger partial charge in [-0.1, -0.05) is 36.4 Å². The van der Waals surface area contributed by atoms with Gasteiger partial charge >= 0.3 is 0 Å². The van der Waals surface area contributed by atoms with Crippen molar-refractivity contribution in [2.75, 3.05) is 0 Å². The summed E-state index contributed by atoms with van der Waals surface area (Å²) in [5, 5.41) is 0. The summed E-state index contributed by atoms with van der Waals surface area (Å²) in [4.78, 5) is 11.9. The Morgan fingerprint density at radius 2 is 1.60 bits per heavy atom. The number of carbonyl (C=O) groups excluding carboxylic acids is 1. The molecule has 104 valence electrons. The first-order valence-corrected chi connectivity index (χ1v) is 6.33. The number of hydrogen-bond donors (Lipinski definition) is 1. The Morgan fingerprint density at radius 3 is 2.20 bits per heavy atom. The number of carbonyl (C=O) groups is 1.